The van der Waals surface area contributed by atoms with Crippen LogP contribution in [0.5, 0.6) is 0 Å². The van der Waals surface area contributed by atoms with Gasteiger partial charge in [0.2, 0.25) is 5.89 Å². The molecular weight excluding hydrogens is 445 g/mol. The van der Waals surface area contributed by atoms with Crippen molar-refractivity contribution in [1.29, 1.82) is 0 Å². The average molecular weight is 479 g/mol. The standard InChI is InChI=1S/C18H33N5O2.HI/c1-14(2)17-22-16(25-23-17)10-11-20-18(19-3)21-12-13-24-15-8-6-4-5-7-9-15;/h14-15H,4-13H2,1-3H3,(H2,19,20,21);1H. The number of rotatable bonds is 8. The van der Waals surface area contributed by atoms with Crippen molar-refractivity contribution in [3.05, 3.63) is 11.7 Å². The third-order valence-corrected chi connectivity index (χ3v) is 4.41. The Hall–Kier alpha value is -0.900. The van der Waals surface area contributed by atoms with Crippen molar-refractivity contribution in [2.75, 3.05) is 26.7 Å². The van der Waals surface area contributed by atoms with Crippen LogP contribution in [0.25, 0.3) is 0 Å². The first-order chi connectivity index (χ1) is 12.2. The maximum absolute atomic E-state index is 5.98. The summed E-state index contributed by atoms with van der Waals surface area (Å²) >= 11 is 0. The zero-order valence-corrected chi connectivity index (χ0v) is 18.6. The minimum atomic E-state index is 0. The van der Waals surface area contributed by atoms with Crippen molar-refractivity contribution in [2.24, 2.45) is 4.99 Å². The molecule has 1 heterocycles. The van der Waals surface area contributed by atoms with E-state index >= 15 is 0 Å². The number of guanidine groups is 1. The smallest absolute Gasteiger partial charge is 0.228 e. The van der Waals surface area contributed by atoms with Gasteiger partial charge in [-0.25, -0.2) is 0 Å². The van der Waals surface area contributed by atoms with Gasteiger partial charge in [-0.3, -0.25) is 4.99 Å². The van der Waals surface area contributed by atoms with Crippen LogP contribution in [0.2, 0.25) is 0 Å². The SMILES string of the molecule is CN=C(NCCOC1CCCCCC1)NCCc1nc(C(C)C)no1.I. The fraction of sp³-hybridized carbons (Fsp3) is 0.833. The predicted octanol–water partition coefficient (Wildman–Crippen LogP) is 3.26. The summed E-state index contributed by atoms with van der Waals surface area (Å²) in [6.45, 7) is 6.27. The quantitative estimate of drug-likeness (QED) is 0.196. The van der Waals surface area contributed by atoms with Crippen molar-refractivity contribution >= 4 is 29.9 Å². The summed E-state index contributed by atoms with van der Waals surface area (Å²) in [7, 11) is 1.77. The fourth-order valence-corrected chi connectivity index (χ4v) is 2.92. The molecule has 0 spiro atoms. The molecule has 1 saturated carbocycles. The minimum Gasteiger partial charge on any atom is -0.376 e. The maximum Gasteiger partial charge on any atom is 0.228 e. The summed E-state index contributed by atoms with van der Waals surface area (Å²) in [6.07, 6.45) is 8.84. The second-order valence-corrected chi connectivity index (χ2v) is 6.86. The van der Waals surface area contributed by atoms with E-state index < -0.39 is 0 Å². The van der Waals surface area contributed by atoms with Gasteiger partial charge >= 0.3 is 0 Å². The van der Waals surface area contributed by atoms with E-state index in [2.05, 4.69) is 39.6 Å². The lowest BCUT2D eigenvalue weighted by atomic mass is 10.1. The Labute approximate surface area is 174 Å². The van der Waals surface area contributed by atoms with Gasteiger partial charge in [0.25, 0.3) is 0 Å². The van der Waals surface area contributed by atoms with Crippen molar-refractivity contribution in [1.82, 2.24) is 20.8 Å². The van der Waals surface area contributed by atoms with Crippen LogP contribution < -0.4 is 10.6 Å². The monoisotopic (exact) mass is 479 g/mol. The summed E-state index contributed by atoms with van der Waals surface area (Å²) in [4.78, 5) is 8.59. The van der Waals surface area contributed by atoms with Gasteiger partial charge in [0.15, 0.2) is 11.8 Å². The van der Waals surface area contributed by atoms with E-state index in [1.54, 1.807) is 7.05 Å². The molecule has 0 amide bonds. The Bertz CT molecular complexity index is 513. The maximum atomic E-state index is 5.98. The molecule has 2 N–H and O–H groups in total. The van der Waals surface area contributed by atoms with Crippen molar-refractivity contribution in [3.8, 4) is 0 Å². The molecule has 0 atom stereocenters. The normalized spacial score (nSPS) is 16.2. The number of aliphatic imine (C=N–C) groups is 1. The van der Waals surface area contributed by atoms with E-state index in [1.807, 2.05) is 0 Å². The number of nitrogens with one attached hydrogen (secondary N) is 2. The molecule has 1 aliphatic rings. The zero-order valence-electron chi connectivity index (χ0n) is 16.3. The Balaban J connectivity index is 0.00000338. The van der Waals surface area contributed by atoms with E-state index in [1.165, 1.54) is 38.5 Å². The van der Waals surface area contributed by atoms with Crippen LogP contribution in [0.4, 0.5) is 0 Å². The van der Waals surface area contributed by atoms with Crippen molar-refractivity contribution in [3.63, 3.8) is 0 Å². The molecule has 2 rings (SSSR count). The molecule has 1 fully saturated rings. The van der Waals surface area contributed by atoms with Gasteiger partial charge in [-0.1, -0.05) is 44.7 Å². The highest BCUT2D eigenvalue weighted by Crippen LogP contribution is 2.19. The molecule has 8 heteroatoms. The van der Waals surface area contributed by atoms with E-state index in [-0.39, 0.29) is 29.9 Å². The van der Waals surface area contributed by atoms with Crippen LogP contribution >= 0.6 is 24.0 Å². The first-order valence-corrected chi connectivity index (χ1v) is 9.57. The van der Waals surface area contributed by atoms with Crippen LogP contribution in [-0.4, -0.2) is 48.9 Å². The Morgan fingerprint density at radius 3 is 2.50 bits per heavy atom. The topological polar surface area (TPSA) is 84.6 Å². The van der Waals surface area contributed by atoms with Crippen LogP contribution in [0.1, 0.15) is 70.0 Å². The highest BCUT2D eigenvalue weighted by molar-refractivity contribution is 14.0. The van der Waals surface area contributed by atoms with Gasteiger partial charge in [0, 0.05) is 32.5 Å². The molecule has 7 nitrogen and oxygen atoms in total. The highest BCUT2D eigenvalue weighted by atomic mass is 127. The van der Waals surface area contributed by atoms with Gasteiger partial charge in [-0.2, -0.15) is 4.98 Å². The minimum absolute atomic E-state index is 0. The Kier molecular flexibility index (Phi) is 11.8. The summed E-state index contributed by atoms with van der Waals surface area (Å²) in [5, 5.41) is 10.5. The molecule has 26 heavy (non-hydrogen) atoms. The van der Waals surface area contributed by atoms with E-state index in [0.717, 1.165) is 18.3 Å². The number of aromatic nitrogens is 2. The molecular formula is C18H34IN5O2. The molecule has 1 aromatic heterocycles. The average Bonchev–Trinajstić information content (AvgIpc) is 2.93. The van der Waals surface area contributed by atoms with E-state index in [4.69, 9.17) is 9.26 Å². The second-order valence-electron chi connectivity index (χ2n) is 6.86. The second kappa shape index (κ2) is 13.3. The largest absolute Gasteiger partial charge is 0.376 e. The van der Waals surface area contributed by atoms with Gasteiger partial charge < -0.3 is 19.9 Å². The van der Waals surface area contributed by atoms with Gasteiger partial charge in [-0.15, -0.1) is 24.0 Å². The molecule has 1 aromatic rings. The molecule has 0 unspecified atom stereocenters. The van der Waals surface area contributed by atoms with Crippen LogP contribution in [0.3, 0.4) is 0 Å². The van der Waals surface area contributed by atoms with Crippen molar-refractivity contribution < 1.29 is 9.26 Å². The molecule has 0 aliphatic heterocycles. The number of ether oxygens (including phenoxy) is 1. The van der Waals surface area contributed by atoms with Gasteiger partial charge in [0.1, 0.15) is 0 Å². The number of halogens is 1. The van der Waals surface area contributed by atoms with E-state index in [9.17, 15) is 0 Å². The molecule has 150 valence electrons. The Morgan fingerprint density at radius 2 is 1.88 bits per heavy atom. The molecule has 0 saturated heterocycles. The summed E-state index contributed by atoms with van der Waals surface area (Å²) in [5.74, 6) is 2.47. The lowest BCUT2D eigenvalue weighted by Gasteiger charge is -2.16. The molecule has 0 radical (unpaired) electrons. The Morgan fingerprint density at radius 1 is 1.19 bits per heavy atom. The summed E-state index contributed by atoms with van der Waals surface area (Å²) < 4.78 is 11.2. The predicted molar refractivity (Wildman–Crippen MR) is 114 cm³/mol. The highest BCUT2D eigenvalue weighted by Gasteiger charge is 2.12. The number of nitrogens with zero attached hydrogens (tertiary/aromatic N) is 3. The zero-order chi connectivity index (χ0) is 17.9. The van der Waals surface area contributed by atoms with Crippen LogP contribution in [-0.2, 0) is 11.2 Å². The van der Waals surface area contributed by atoms with Crippen LogP contribution in [0.15, 0.2) is 9.52 Å². The third-order valence-electron chi connectivity index (χ3n) is 4.41. The molecule has 1 aliphatic carbocycles. The number of hydrogen-bond acceptors (Lipinski definition) is 5. The summed E-state index contributed by atoms with van der Waals surface area (Å²) in [5.41, 5.74) is 0. The molecule has 0 aromatic carbocycles. The van der Waals surface area contributed by atoms with Crippen LogP contribution in [0, 0.1) is 0 Å². The van der Waals surface area contributed by atoms with Gasteiger partial charge in [-0.05, 0) is 12.8 Å². The van der Waals surface area contributed by atoms with Crippen molar-refractivity contribution in [2.45, 2.75) is 70.8 Å². The first-order valence-electron chi connectivity index (χ1n) is 9.57. The lowest BCUT2D eigenvalue weighted by Crippen LogP contribution is -2.40. The lowest BCUT2D eigenvalue weighted by molar-refractivity contribution is 0.0468. The fourth-order valence-electron chi connectivity index (χ4n) is 2.92. The third kappa shape index (κ3) is 8.66. The number of hydrogen-bond donors (Lipinski definition) is 2. The summed E-state index contributed by atoms with van der Waals surface area (Å²) in [6, 6.07) is 0. The molecule has 0 bridgehead atoms. The van der Waals surface area contributed by atoms with E-state index in [0.29, 0.717) is 31.6 Å². The van der Waals surface area contributed by atoms with Gasteiger partial charge in [0.05, 0.1) is 12.7 Å². The first kappa shape index (κ1) is 23.1.